The van der Waals surface area contributed by atoms with Crippen molar-refractivity contribution in [3.8, 4) is 34.5 Å². The molecular formula is C109H141N11O15. The van der Waals surface area contributed by atoms with Crippen LogP contribution >= 0.6 is 0 Å². The van der Waals surface area contributed by atoms with E-state index >= 15 is 0 Å². The van der Waals surface area contributed by atoms with Crippen LogP contribution in [0.1, 0.15) is 136 Å². The summed E-state index contributed by atoms with van der Waals surface area (Å²) in [5, 5.41) is 15.2. The molecule has 0 bridgehead atoms. The van der Waals surface area contributed by atoms with Gasteiger partial charge in [0.25, 0.3) is 11.8 Å². The lowest BCUT2D eigenvalue weighted by atomic mass is 9.70. The number of carbonyl (C=O) groups is 7. The molecule has 26 heteroatoms. The van der Waals surface area contributed by atoms with E-state index in [1.807, 2.05) is 115 Å². The van der Waals surface area contributed by atoms with Crippen molar-refractivity contribution in [1.82, 2.24) is 25.3 Å². The van der Waals surface area contributed by atoms with Gasteiger partial charge in [0.05, 0.1) is 68.5 Å². The molecule has 10 aliphatic rings. The summed E-state index contributed by atoms with van der Waals surface area (Å²) in [6, 6.07) is 67.9. The highest BCUT2D eigenvalue weighted by atomic mass is 16.6. The molecule has 8 aromatic carbocycles. The Labute approximate surface area is 798 Å². The van der Waals surface area contributed by atoms with Crippen LogP contribution in [-0.4, -0.2) is 206 Å². The Morgan fingerprint density at radius 3 is 0.941 bits per heavy atom. The molecule has 26 nitrogen and oxygen atoms in total. The second-order valence-electron chi connectivity index (χ2n) is 39.0. The molecule has 722 valence electrons. The number of anilines is 6. The van der Waals surface area contributed by atoms with E-state index in [1.54, 1.807) is 76.2 Å². The van der Waals surface area contributed by atoms with Gasteiger partial charge in [-0.25, -0.2) is 24.2 Å². The third-order valence-corrected chi connectivity index (χ3v) is 29.2. The number of nitrogens with one attached hydrogen (secondary N) is 2. The number of hydrogen-bond acceptors (Lipinski definition) is 22. The normalized spacial score (nSPS) is 25.1. The highest BCUT2D eigenvalue weighted by Crippen LogP contribution is 2.57. The Balaban J connectivity index is 0.000000146. The lowest BCUT2D eigenvalue weighted by Crippen LogP contribution is -2.42. The van der Waals surface area contributed by atoms with E-state index in [0.29, 0.717) is 101 Å². The second kappa shape index (κ2) is 43.6. The fourth-order valence-corrected chi connectivity index (χ4v) is 20.2. The lowest BCUT2D eigenvalue weighted by Gasteiger charge is -2.30. The average Bonchev–Trinajstić information content (AvgIpc) is 1.51. The summed E-state index contributed by atoms with van der Waals surface area (Å²) >= 11 is 0. The maximum Gasteiger partial charge on any atom is 0.342 e. The number of urea groups is 1. The van der Waals surface area contributed by atoms with Crippen LogP contribution in [-0.2, 0) is 46.6 Å². The van der Waals surface area contributed by atoms with Gasteiger partial charge in [0.2, 0.25) is 11.8 Å². The number of aliphatic hydroxyl groups excluding tert-OH is 1. The summed E-state index contributed by atoms with van der Waals surface area (Å²) in [7, 11) is 0. The minimum Gasteiger partial charge on any atom is -0.494 e. The number of cyclic esters (lactones) is 2. The van der Waals surface area contributed by atoms with Crippen LogP contribution < -0.4 is 69.3 Å². The first kappa shape index (κ1) is 102. The molecule has 8 saturated heterocycles. The van der Waals surface area contributed by atoms with E-state index in [9.17, 15) is 33.6 Å². The van der Waals surface area contributed by atoms with Crippen LogP contribution in [0.3, 0.4) is 0 Å². The number of rotatable bonds is 23. The Hall–Kier alpha value is -12.2. The zero-order chi connectivity index (χ0) is 97.4. The molecule has 0 unspecified atom stereocenters. The molecule has 10 aliphatic heterocycles. The minimum absolute atomic E-state index is 0.0281. The van der Waals surface area contributed by atoms with E-state index in [4.69, 9.17) is 39.3 Å². The topological polar surface area (TPSA) is 280 Å². The highest BCUT2D eigenvalue weighted by molar-refractivity contribution is 6.32. The van der Waals surface area contributed by atoms with E-state index in [1.165, 1.54) is 51.1 Å². The van der Waals surface area contributed by atoms with E-state index in [-0.39, 0.29) is 47.1 Å². The van der Waals surface area contributed by atoms with Gasteiger partial charge in [0, 0.05) is 189 Å². The molecule has 6 amide bonds. The highest BCUT2D eigenvalue weighted by Gasteiger charge is 2.69. The van der Waals surface area contributed by atoms with Crippen LogP contribution in [0.5, 0.6) is 34.5 Å². The van der Waals surface area contributed by atoms with Crippen molar-refractivity contribution in [2.24, 2.45) is 43.3 Å². The van der Waals surface area contributed by atoms with E-state index in [2.05, 4.69) is 185 Å². The summed E-state index contributed by atoms with van der Waals surface area (Å²) < 4.78 is 36.8. The van der Waals surface area contributed by atoms with Gasteiger partial charge in [-0.2, -0.15) is 0 Å². The van der Waals surface area contributed by atoms with Gasteiger partial charge in [-0.1, -0.05) is 102 Å². The largest absolute Gasteiger partial charge is 0.494 e. The third kappa shape index (κ3) is 22.6. The number of hydrogen-bond donors (Lipinski definition) is 4. The molecular weight excluding hydrogens is 1700 g/mol. The number of imide groups is 2. The van der Waals surface area contributed by atoms with Crippen LogP contribution in [0.2, 0.25) is 0 Å². The Bertz CT molecular complexity index is 5340. The van der Waals surface area contributed by atoms with Crippen LogP contribution in [0.15, 0.2) is 229 Å². The Kier molecular flexibility index (Phi) is 32.9. The van der Waals surface area contributed by atoms with Crippen molar-refractivity contribution >= 4 is 75.7 Å². The molecule has 0 radical (unpaired) electrons. The number of esters is 2. The quantitative estimate of drug-likeness (QED) is 0.0200. The van der Waals surface area contributed by atoms with Gasteiger partial charge in [-0.15, -0.1) is 0 Å². The fraction of sp³-hybridized carbons (Fsp3) is 0.459. The zero-order valence-electron chi connectivity index (χ0n) is 82.4. The third-order valence-electron chi connectivity index (χ3n) is 29.2. The minimum atomic E-state index is -0.725. The predicted molar refractivity (Wildman–Crippen MR) is 533 cm³/mol. The number of aliphatic hydroxyl groups is 1. The molecule has 135 heavy (non-hydrogen) atoms. The van der Waals surface area contributed by atoms with Crippen molar-refractivity contribution in [2.75, 3.05) is 175 Å². The Morgan fingerprint density at radius 1 is 0.363 bits per heavy atom. The summed E-state index contributed by atoms with van der Waals surface area (Å²) in [6.07, 6.45) is 0. The van der Waals surface area contributed by atoms with E-state index in [0.717, 1.165) is 132 Å². The maximum atomic E-state index is 13.4. The monoisotopic (exact) mass is 1840 g/mol. The molecule has 0 aromatic heterocycles. The van der Waals surface area contributed by atoms with Crippen molar-refractivity contribution in [3.63, 3.8) is 0 Å². The van der Waals surface area contributed by atoms with Gasteiger partial charge in [0.1, 0.15) is 34.5 Å². The number of likely N-dealkylation sites (tertiary alicyclic amines) is 3. The number of nitrogens with zero attached hydrogens (tertiary/aromatic N) is 8. The molecule has 8 aromatic rings. The molecule has 8 fully saturated rings. The van der Waals surface area contributed by atoms with Crippen LogP contribution in [0.25, 0.3) is 0 Å². The average molecular weight is 1850 g/mol. The van der Waals surface area contributed by atoms with Crippen LogP contribution in [0, 0.1) is 43.3 Å². The SMILES string of the molecule is CC1=C(C)C(=O)OC1=O.CCOc1ccc(N)cc1.CCOc1ccc(N2C(=O)C(C)=C(C)C2=O)cc1.CCOc1ccc(N2C(=O)[C@]3(C)CN(Cc4ccccc4)C[C@]3(C)C2=O)cc1.CCOc1ccc(N2C[C@]3(C)CN(C(=O)NCCO)C[C@]3(C)C2)cc1.CCOc1ccc(N2C[C@]3(C)CN(Cc4ccccc4)C[C@]3(C)C2)cc1.CCOc1ccc(N2C[C@]3(C)CNC[C@]3(C)C2)cc1. The van der Waals surface area contributed by atoms with Crippen LogP contribution in [0.4, 0.5) is 38.9 Å². The number of carbonyl (C=O) groups excluding carboxylic acids is 7. The zero-order valence-corrected chi connectivity index (χ0v) is 82.4. The summed E-state index contributed by atoms with van der Waals surface area (Å²) in [5.74, 6) is 3.40. The van der Waals surface area contributed by atoms with Gasteiger partial charge in [-0.3, -0.25) is 29.0 Å². The summed E-state index contributed by atoms with van der Waals surface area (Å²) in [4.78, 5) is 101. The van der Waals surface area contributed by atoms with Gasteiger partial charge < -0.3 is 74.2 Å². The van der Waals surface area contributed by atoms with E-state index < -0.39 is 22.8 Å². The first-order valence-corrected chi connectivity index (χ1v) is 47.5. The second-order valence-corrected chi connectivity index (χ2v) is 39.0. The standard InChI is InChI=1S/C23H26N2O3.C23H30N2O.C19H29N3O3.C16H24N2O.C14H15NO3.C8H11NO.C6H6O3/c1-4-28-19-12-10-18(11-13-19)25-20(26)22(2)15-24(16-23(22,3)21(25)27)14-17-8-6-5-7-9-17;1-4-26-21-12-10-20(11-13-21)25-17-22(2)15-24(16-23(22,3)18-25)14-19-8-6-5-7-9-19;1-4-25-16-7-5-15(6-8-16)21-11-18(2)13-22(14-19(18,3)12-21)17(24)20-9-10-23;1-4-19-14-7-5-13(6-8-14)18-11-15(2)9-17-10-16(15,3)12-18;1-4-18-12-7-5-11(6-8-12)15-13(16)9(2)10(3)14(15)17;1-2-10-8-5-3-7(9)4-6-8;1-3-4(2)6(8)9-5(3)7/h5-13H,4,14-16H2,1-3H3;5-13H,4,14-18H2,1-3H3;5-8,23H,4,9-14H2,1-3H3,(H,20,24);5-8,17H,4,9-12H2,1-3H3;5-8H,4H2,1-3H3;3-6H,2,9H2,1H3;1-2H3/t2*22-,23+;18-,19+;15-,16+;;;. The first-order chi connectivity index (χ1) is 64.4. The molecule has 18 rings (SSSR count). The van der Waals surface area contributed by atoms with Crippen molar-refractivity contribution in [1.29, 1.82) is 0 Å². The number of nitrogens with two attached hydrogens (primary N) is 1. The maximum absolute atomic E-state index is 13.4. The Morgan fingerprint density at radius 2 is 0.644 bits per heavy atom. The number of benzene rings is 8. The van der Waals surface area contributed by atoms with Crippen molar-refractivity contribution in [2.45, 2.75) is 138 Å². The number of ether oxygens (including phenoxy) is 7. The smallest absolute Gasteiger partial charge is 0.342 e. The van der Waals surface area contributed by atoms with Crippen molar-refractivity contribution in [3.05, 3.63) is 240 Å². The van der Waals surface area contributed by atoms with Gasteiger partial charge >= 0.3 is 18.0 Å². The summed E-state index contributed by atoms with van der Waals surface area (Å²) in [5.41, 5.74) is 15.9. The summed E-state index contributed by atoms with van der Waals surface area (Å²) in [6.45, 7) is 56.3. The van der Waals surface area contributed by atoms with Crippen molar-refractivity contribution < 1.29 is 71.8 Å². The molecule has 0 spiro atoms. The van der Waals surface area contributed by atoms with Gasteiger partial charge in [-0.05, 0) is 240 Å². The predicted octanol–water partition coefficient (Wildman–Crippen LogP) is 16.7. The number of fused-ring (bicyclic) bond motifs is 4. The molecule has 5 N–H and O–H groups in total. The molecule has 10 heterocycles. The molecule has 0 aliphatic carbocycles. The molecule has 0 saturated carbocycles. The lowest BCUT2D eigenvalue weighted by molar-refractivity contribution is -0.151. The first-order valence-electron chi connectivity index (χ1n) is 47.5. The number of nitrogen functional groups attached to an aromatic ring is 1. The fourth-order valence-electron chi connectivity index (χ4n) is 20.2. The molecule has 8 atom stereocenters. The number of amides is 6. The van der Waals surface area contributed by atoms with Gasteiger partial charge in [0.15, 0.2) is 0 Å².